The summed E-state index contributed by atoms with van der Waals surface area (Å²) in [6.07, 6.45) is 5.02. The maximum atomic E-state index is 11.8. The maximum absolute atomic E-state index is 11.8. The Hall–Kier alpha value is -0.790. The van der Waals surface area contributed by atoms with Gasteiger partial charge in [-0.25, -0.2) is 0 Å². The van der Waals surface area contributed by atoms with E-state index in [0.717, 1.165) is 12.3 Å². The van der Waals surface area contributed by atoms with E-state index in [9.17, 15) is 4.79 Å². The fraction of sp³-hybridized carbons (Fsp3) is 0.800. The first-order chi connectivity index (χ1) is 8.09. The summed E-state index contributed by atoms with van der Waals surface area (Å²) in [5.41, 5.74) is 3.00. The van der Waals surface area contributed by atoms with Gasteiger partial charge in [-0.3, -0.25) is 4.79 Å². The van der Waals surface area contributed by atoms with Crippen molar-refractivity contribution in [3.8, 4) is 0 Å². The second-order valence-electron chi connectivity index (χ2n) is 6.25. The first-order valence-corrected chi connectivity index (χ1v) is 6.99. The van der Waals surface area contributed by atoms with Gasteiger partial charge in [0.25, 0.3) is 0 Å². The van der Waals surface area contributed by atoms with E-state index in [1.54, 1.807) is 0 Å². The number of carbonyl (C=O) groups excluding carboxylic acids is 1. The summed E-state index contributed by atoms with van der Waals surface area (Å²) in [4.78, 5) is 11.8. The van der Waals surface area contributed by atoms with Gasteiger partial charge in [0.2, 0.25) is 0 Å². The summed E-state index contributed by atoms with van der Waals surface area (Å²) < 4.78 is 5.69. The van der Waals surface area contributed by atoms with Gasteiger partial charge >= 0.3 is 5.97 Å². The van der Waals surface area contributed by atoms with Gasteiger partial charge in [-0.15, -0.1) is 0 Å². The largest absolute Gasteiger partial charge is 0.457 e. The van der Waals surface area contributed by atoms with Crippen molar-refractivity contribution in [3.63, 3.8) is 0 Å². The van der Waals surface area contributed by atoms with Crippen LogP contribution in [0.2, 0.25) is 0 Å². The zero-order valence-corrected chi connectivity index (χ0v) is 11.0. The molecule has 1 heterocycles. The molecule has 5 atom stereocenters. The fourth-order valence-electron chi connectivity index (χ4n) is 4.14. The van der Waals surface area contributed by atoms with E-state index in [1.165, 1.54) is 30.4 Å². The van der Waals surface area contributed by atoms with Gasteiger partial charge in [-0.2, -0.15) is 0 Å². The van der Waals surface area contributed by atoms with E-state index < -0.39 is 0 Å². The predicted octanol–water partition coefficient (Wildman–Crippen LogP) is 3.32. The number of fused-ring (bicyclic) bond motifs is 3. The molecule has 2 heteroatoms. The lowest BCUT2D eigenvalue weighted by Gasteiger charge is -2.23. The predicted molar refractivity (Wildman–Crippen MR) is 66.4 cm³/mol. The number of allylic oxidation sites excluding steroid dienone is 1. The van der Waals surface area contributed by atoms with Crippen LogP contribution in [0.25, 0.3) is 0 Å². The van der Waals surface area contributed by atoms with Gasteiger partial charge in [0, 0.05) is 5.92 Å². The Morgan fingerprint density at radius 1 is 1.18 bits per heavy atom. The van der Waals surface area contributed by atoms with Crippen molar-refractivity contribution in [2.45, 2.75) is 52.6 Å². The molecule has 2 nitrogen and oxygen atoms in total. The van der Waals surface area contributed by atoms with Crippen LogP contribution in [-0.2, 0) is 9.53 Å². The van der Waals surface area contributed by atoms with Gasteiger partial charge in [-0.1, -0.05) is 19.4 Å². The molecule has 0 radical (unpaired) electrons. The third-order valence-corrected chi connectivity index (χ3v) is 5.32. The zero-order valence-electron chi connectivity index (χ0n) is 11.0. The fourth-order valence-corrected chi connectivity index (χ4v) is 4.14. The number of ether oxygens (including phenoxy) is 1. The molecule has 0 aromatic carbocycles. The highest BCUT2D eigenvalue weighted by atomic mass is 16.6. The summed E-state index contributed by atoms with van der Waals surface area (Å²) in [5.74, 6) is 2.02. The molecule has 17 heavy (non-hydrogen) atoms. The molecular weight excluding hydrogens is 212 g/mol. The smallest absolute Gasteiger partial charge is 0.309 e. The van der Waals surface area contributed by atoms with Crippen LogP contribution in [0.1, 0.15) is 46.5 Å². The van der Waals surface area contributed by atoms with Crippen molar-refractivity contribution in [1.29, 1.82) is 0 Å². The van der Waals surface area contributed by atoms with E-state index in [0.29, 0.717) is 11.8 Å². The molecule has 0 aromatic heterocycles. The Labute approximate surface area is 103 Å². The molecule has 3 rings (SSSR count). The average molecular weight is 234 g/mol. The molecule has 3 aliphatic rings. The third kappa shape index (κ3) is 1.56. The summed E-state index contributed by atoms with van der Waals surface area (Å²) in [6.45, 7) is 6.65. The minimum atomic E-state index is 0.0282. The summed E-state index contributed by atoms with van der Waals surface area (Å²) in [5, 5.41) is 0. The van der Waals surface area contributed by atoms with Crippen LogP contribution in [0, 0.1) is 23.7 Å². The molecule has 2 fully saturated rings. The van der Waals surface area contributed by atoms with E-state index >= 15 is 0 Å². The van der Waals surface area contributed by atoms with Crippen LogP contribution >= 0.6 is 0 Å². The van der Waals surface area contributed by atoms with Crippen molar-refractivity contribution in [1.82, 2.24) is 0 Å². The second-order valence-corrected chi connectivity index (χ2v) is 6.25. The second kappa shape index (κ2) is 3.86. The van der Waals surface area contributed by atoms with Crippen molar-refractivity contribution in [2.75, 3.05) is 0 Å². The topological polar surface area (TPSA) is 26.3 Å². The molecule has 94 valence electrons. The minimum Gasteiger partial charge on any atom is -0.457 e. The summed E-state index contributed by atoms with van der Waals surface area (Å²) >= 11 is 0. The highest BCUT2D eigenvalue weighted by Crippen LogP contribution is 2.50. The van der Waals surface area contributed by atoms with Gasteiger partial charge in [0.05, 0.1) is 5.92 Å². The summed E-state index contributed by atoms with van der Waals surface area (Å²) in [6, 6.07) is 0. The molecule has 2 aliphatic carbocycles. The van der Waals surface area contributed by atoms with E-state index in [4.69, 9.17) is 4.74 Å². The van der Waals surface area contributed by atoms with Gasteiger partial charge in [0.15, 0.2) is 0 Å². The van der Waals surface area contributed by atoms with Crippen molar-refractivity contribution >= 4 is 5.97 Å². The lowest BCUT2D eigenvalue weighted by molar-refractivity contribution is -0.143. The van der Waals surface area contributed by atoms with Crippen LogP contribution in [0.4, 0.5) is 0 Å². The first kappa shape index (κ1) is 11.3. The lowest BCUT2D eigenvalue weighted by Crippen LogP contribution is -2.22. The molecule has 0 aromatic rings. The SMILES string of the molecule is CC1=C2[C@@H](CC1)[C@@H](C)CC[C@H]1[C@H](C)C(=O)O[C@H]21. The zero-order chi connectivity index (χ0) is 12.2. The Balaban J connectivity index is 2.00. The molecule has 0 amide bonds. The Morgan fingerprint density at radius 3 is 2.71 bits per heavy atom. The monoisotopic (exact) mass is 234 g/mol. The molecule has 1 aliphatic heterocycles. The number of rotatable bonds is 0. The standard InChI is InChI=1S/C15H22O2/c1-8-4-7-12-10(3)15(16)17-14(12)13-9(2)5-6-11(8)13/h8,10-12,14H,4-7H2,1-3H3/t8-,10-,11-,12-,14-/m0/s1. The van der Waals surface area contributed by atoms with Crippen LogP contribution in [-0.4, -0.2) is 12.1 Å². The van der Waals surface area contributed by atoms with Gasteiger partial charge < -0.3 is 4.74 Å². The molecule has 1 saturated heterocycles. The number of carbonyl (C=O) groups is 1. The molecule has 0 bridgehead atoms. The van der Waals surface area contributed by atoms with E-state index in [-0.39, 0.29) is 18.0 Å². The van der Waals surface area contributed by atoms with Gasteiger partial charge in [-0.05, 0) is 50.0 Å². The third-order valence-electron chi connectivity index (χ3n) is 5.32. The van der Waals surface area contributed by atoms with Crippen LogP contribution in [0.5, 0.6) is 0 Å². The van der Waals surface area contributed by atoms with E-state index in [1.807, 2.05) is 6.92 Å². The van der Waals surface area contributed by atoms with Crippen molar-refractivity contribution in [2.24, 2.45) is 23.7 Å². The van der Waals surface area contributed by atoms with Gasteiger partial charge in [0.1, 0.15) is 6.10 Å². The molecular formula is C15H22O2. The molecule has 0 N–H and O–H groups in total. The maximum Gasteiger partial charge on any atom is 0.309 e. The Bertz CT molecular complexity index is 382. The quantitative estimate of drug-likeness (QED) is 0.475. The normalized spacial score (nSPS) is 45.4. The number of hydrogen-bond donors (Lipinski definition) is 0. The van der Waals surface area contributed by atoms with E-state index in [2.05, 4.69) is 13.8 Å². The highest BCUT2D eigenvalue weighted by Gasteiger charge is 2.49. The average Bonchev–Trinajstić information content (AvgIpc) is 2.75. The first-order valence-electron chi connectivity index (χ1n) is 6.99. The van der Waals surface area contributed by atoms with Crippen molar-refractivity contribution in [3.05, 3.63) is 11.1 Å². The Morgan fingerprint density at radius 2 is 1.94 bits per heavy atom. The molecule has 1 saturated carbocycles. The van der Waals surface area contributed by atoms with Crippen LogP contribution in [0.15, 0.2) is 11.1 Å². The van der Waals surface area contributed by atoms with Crippen LogP contribution in [0.3, 0.4) is 0 Å². The van der Waals surface area contributed by atoms with Crippen LogP contribution < -0.4 is 0 Å². The number of hydrogen-bond acceptors (Lipinski definition) is 2. The Kier molecular flexibility index (Phi) is 2.57. The number of esters is 1. The molecule has 0 unspecified atom stereocenters. The molecule has 0 spiro atoms. The summed E-state index contributed by atoms with van der Waals surface area (Å²) in [7, 11) is 0. The highest BCUT2D eigenvalue weighted by molar-refractivity contribution is 5.75. The van der Waals surface area contributed by atoms with Crippen molar-refractivity contribution < 1.29 is 9.53 Å². The lowest BCUT2D eigenvalue weighted by atomic mass is 9.84. The minimum absolute atomic E-state index is 0.0282.